The number of imidazole rings is 1. The van der Waals surface area contributed by atoms with Crippen molar-refractivity contribution in [1.82, 2.24) is 18.7 Å². The topological polar surface area (TPSA) is 78.9 Å². The SMILES string of the molecule is Cc1ccc(C(=O)Cn2cnc3c2c(=O)n(CCC(C)C)c(=O)n3-c2ccc(C(C)C)cc2)c(C)c1. The van der Waals surface area contributed by atoms with Crippen molar-refractivity contribution in [1.29, 1.82) is 0 Å². The average Bonchev–Trinajstić information content (AvgIpc) is 3.22. The molecule has 2 aromatic carbocycles. The summed E-state index contributed by atoms with van der Waals surface area (Å²) in [7, 11) is 0. The molecule has 0 bridgehead atoms. The maximum Gasteiger partial charge on any atom is 0.337 e. The van der Waals surface area contributed by atoms with Gasteiger partial charge in [-0.2, -0.15) is 0 Å². The Kier molecular flexibility index (Phi) is 7.11. The summed E-state index contributed by atoms with van der Waals surface area (Å²) in [5.74, 6) is 0.562. The molecule has 4 aromatic rings. The summed E-state index contributed by atoms with van der Waals surface area (Å²) in [5.41, 5.74) is 4.05. The van der Waals surface area contributed by atoms with Crippen molar-refractivity contribution in [2.24, 2.45) is 5.92 Å². The van der Waals surface area contributed by atoms with Crippen LogP contribution >= 0.6 is 0 Å². The monoisotopic (exact) mass is 486 g/mol. The fourth-order valence-corrected chi connectivity index (χ4v) is 4.49. The van der Waals surface area contributed by atoms with Crippen molar-refractivity contribution in [3.8, 4) is 5.69 Å². The normalized spacial score (nSPS) is 11.7. The van der Waals surface area contributed by atoms with E-state index in [1.165, 1.54) is 15.5 Å². The van der Waals surface area contributed by atoms with Gasteiger partial charge in [-0.1, -0.05) is 63.6 Å². The van der Waals surface area contributed by atoms with E-state index in [0.717, 1.165) is 16.7 Å². The van der Waals surface area contributed by atoms with Gasteiger partial charge in [-0.05, 0) is 55.4 Å². The van der Waals surface area contributed by atoms with Crippen LogP contribution in [-0.4, -0.2) is 24.5 Å². The molecule has 188 valence electrons. The van der Waals surface area contributed by atoms with Gasteiger partial charge in [-0.3, -0.25) is 14.2 Å². The van der Waals surface area contributed by atoms with Crippen LogP contribution in [0.3, 0.4) is 0 Å². The number of aryl methyl sites for hydroxylation is 2. The van der Waals surface area contributed by atoms with Gasteiger partial charge >= 0.3 is 5.69 Å². The molecule has 0 atom stereocenters. The lowest BCUT2D eigenvalue weighted by Gasteiger charge is -2.14. The van der Waals surface area contributed by atoms with E-state index >= 15 is 0 Å². The van der Waals surface area contributed by atoms with E-state index in [4.69, 9.17) is 0 Å². The number of rotatable bonds is 8. The van der Waals surface area contributed by atoms with Crippen molar-refractivity contribution in [3.05, 3.63) is 91.9 Å². The third-order valence-corrected chi connectivity index (χ3v) is 6.64. The molecule has 0 aliphatic heterocycles. The van der Waals surface area contributed by atoms with Crippen LogP contribution < -0.4 is 11.2 Å². The fourth-order valence-electron chi connectivity index (χ4n) is 4.49. The minimum Gasteiger partial charge on any atom is -0.317 e. The maximum absolute atomic E-state index is 13.6. The van der Waals surface area contributed by atoms with Crippen LogP contribution in [0.5, 0.6) is 0 Å². The lowest BCUT2D eigenvalue weighted by Crippen LogP contribution is -2.40. The first-order valence-corrected chi connectivity index (χ1v) is 12.5. The Morgan fingerprint density at radius 1 is 0.972 bits per heavy atom. The maximum atomic E-state index is 13.6. The van der Waals surface area contributed by atoms with E-state index in [0.29, 0.717) is 36.1 Å². The number of carbonyl (C=O) groups is 1. The van der Waals surface area contributed by atoms with Crippen molar-refractivity contribution in [2.45, 2.75) is 67.0 Å². The van der Waals surface area contributed by atoms with Crippen LogP contribution in [0.4, 0.5) is 0 Å². The number of Topliss-reactive ketones (excluding diaryl/α,β-unsaturated/α-hetero) is 1. The fraction of sp³-hybridized carbons (Fsp3) is 0.379. The third-order valence-electron chi connectivity index (χ3n) is 6.64. The first kappa shape index (κ1) is 25.4. The molecule has 0 N–H and O–H groups in total. The summed E-state index contributed by atoms with van der Waals surface area (Å²) in [6, 6.07) is 13.4. The molecule has 2 heterocycles. The molecule has 2 aromatic heterocycles. The van der Waals surface area contributed by atoms with E-state index in [1.54, 1.807) is 4.57 Å². The molecule has 0 spiro atoms. The van der Waals surface area contributed by atoms with Gasteiger partial charge in [0.1, 0.15) is 0 Å². The van der Waals surface area contributed by atoms with Crippen LogP contribution in [0, 0.1) is 19.8 Å². The highest BCUT2D eigenvalue weighted by atomic mass is 16.2. The molecule has 0 radical (unpaired) electrons. The second-order valence-corrected chi connectivity index (χ2v) is 10.3. The van der Waals surface area contributed by atoms with Gasteiger partial charge in [0.05, 0.1) is 18.6 Å². The smallest absolute Gasteiger partial charge is 0.317 e. The van der Waals surface area contributed by atoms with E-state index in [2.05, 4.69) is 32.7 Å². The molecule has 7 heteroatoms. The number of nitrogens with zero attached hydrogens (tertiary/aromatic N) is 4. The van der Waals surface area contributed by atoms with Crippen molar-refractivity contribution >= 4 is 16.9 Å². The van der Waals surface area contributed by atoms with Gasteiger partial charge < -0.3 is 4.57 Å². The van der Waals surface area contributed by atoms with Crippen LogP contribution in [0.1, 0.15) is 67.1 Å². The molecule has 36 heavy (non-hydrogen) atoms. The first-order chi connectivity index (χ1) is 17.1. The Balaban J connectivity index is 1.88. The van der Waals surface area contributed by atoms with Crippen LogP contribution in [-0.2, 0) is 13.1 Å². The lowest BCUT2D eigenvalue weighted by molar-refractivity contribution is 0.0972. The summed E-state index contributed by atoms with van der Waals surface area (Å²) in [6.07, 6.45) is 2.17. The van der Waals surface area contributed by atoms with Crippen LogP contribution in [0.15, 0.2) is 58.4 Å². The molecule has 4 rings (SSSR count). The Bertz CT molecular complexity index is 1540. The van der Waals surface area contributed by atoms with Crippen molar-refractivity contribution in [2.75, 3.05) is 0 Å². The molecule has 0 saturated heterocycles. The number of ketones is 1. The Hall–Kier alpha value is -3.74. The lowest BCUT2D eigenvalue weighted by atomic mass is 10.0. The van der Waals surface area contributed by atoms with Gasteiger partial charge in [0.25, 0.3) is 5.56 Å². The number of hydrogen-bond acceptors (Lipinski definition) is 4. The van der Waals surface area contributed by atoms with Crippen molar-refractivity contribution in [3.63, 3.8) is 0 Å². The molecule has 0 aliphatic carbocycles. The predicted octanol–water partition coefficient (Wildman–Crippen LogP) is 5.02. The standard InChI is InChI=1S/C29H34N4O3/c1-18(2)13-14-32-28(35)26-27(33(29(32)36)23-10-8-22(9-11-23)19(3)4)30-17-31(26)16-25(34)24-12-7-20(5)15-21(24)6/h7-12,15,17-19H,13-14,16H2,1-6H3. The van der Waals surface area contributed by atoms with E-state index < -0.39 is 11.2 Å². The highest BCUT2D eigenvalue weighted by Gasteiger charge is 2.21. The number of carbonyl (C=O) groups excluding carboxylic acids is 1. The largest absolute Gasteiger partial charge is 0.337 e. The molecule has 0 amide bonds. The van der Waals surface area contributed by atoms with Gasteiger partial charge in [-0.15, -0.1) is 0 Å². The summed E-state index contributed by atoms with van der Waals surface area (Å²) >= 11 is 0. The third kappa shape index (κ3) is 4.83. The molecular formula is C29H34N4O3. The van der Waals surface area contributed by atoms with Gasteiger partial charge in [0.15, 0.2) is 16.9 Å². The minimum atomic E-state index is -0.420. The Morgan fingerprint density at radius 2 is 1.67 bits per heavy atom. The first-order valence-electron chi connectivity index (χ1n) is 12.5. The Labute approximate surface area is 211 Å². The second-order valence-electron chi connectivity index (χ2n) is 10.3. The highest BCUT2D eigenvalue weighted by Crippen LogP contribution is 2.19. The summed E-state index contributed by atoms with van der Waals surface area (Å²) in [5, 5.41) is 0. The molecule has 0 aliphatic rings. The number of hydrogen-bond donors (Lipinski definition) is 0. The average molecular weight is 487 g/mol. The summed E-state index contributed by atoms with van der Waals surface area (Å²) in [6.45, 7) is 12.5. The highest BCUT2D eigenvalue weighted by molar-refractivity contribution is 5.98. The molecule has 0 unspecified atom stereocenters. The zero-order valence-corrected chi connectivity index (χ0v) is 21.9. The zero-order chi connectivity index (χ0) is 26.1. The predicted molar refractivity (Wildman–Crippen MR) is 143 cm³/mol. The van der Waals surface area contributed by atoms with Gasteiger partial charge in [0, 0.05) is 12.1 Å². The van der Waals surface area contributed by atoms with Crippen LogP contribution in [0.2, 0.25) is 0 Å². The Morgan fingerprint density at radius 3 is 2.28 bits per heavy atom. The quantitative estimate of drug-likeness (QED) is 0.328. The van der Waals surface area contributed by atoms with Crippen LogP contribution in [0.25, 0.3) is 16.9 Å². The molecule has 0 saturated carbocycles. The van der Waals surface area contributed by atoms with E-state index in [1.807, 2.05) is 56.3 Å². The van der Waals surface area contributed by atoms with Gasteiger partial charge in [0.2, 0.25) is 0 Å². The van der Waals surface area contributed by atoms with E-state index in [9.17, 15) is 14.4 Å². The van der Waals surface area contributed by atoms with E-state index in [-0.39, 0.29) is 23.5 Å². The van der Waals surface area contributed by atoms with Crippen molar-refractivity contribution < 1.29 is 4.79 Å². The summed E-state index contributed by atoms with van der Waals surface area (Å²) < 4.78 is 4.33. The second kappa shape index (κ2) is 10.1. The summed E-state index contributed by atoms with van der Waals surface area (Å²) in [4.78, 5) is 44.8. The number of aromatic nitrogens is 4. The zero-order valence-electron chi connectivity index (χ0n) is 21.9. The molecular weight excluding hydrogens is 452 g/mol. The number of fused-ring (bicyclic) bond motifs is 1. The minimum absolute atomic E-state index is 0.0374. The molecule has 0 fully saturated rings. The van der Waals surface area contributed by atoms with Gasteiger partial charge in [-0.25, -0.2) is 14.3 Å². The molecule has 7 nitrogen and oxygen atoms in total. The number of benzene rings is 2.